The summed E-state index contributed by atoms with van der Waals surface area (Å²) >= 11 is 0. The molecule has 0 spiro atoms. The molecule has 0 amide bonds. The Morgan fingerprint density at radius 3 is 2.62 bits per heavy atom. The smallest absolute Gasteiger partial charge is 0.269 e. The van der Waals surface area contributed by atoms with Crippen LogP contribution in [0.25, 0.3) is 22.6 Å². The molecular weight excluding hydrogens is 332 g/mol. The summed E-state index contributed by atoms with van der Waals surface area (Å²) in [6, 6.07) is 15.7. The number of pyridine rings is 1. The number of non-ortho nitro benzene ring substituents is 1. The summed E-state index contributed by atoms with van der Waals surface area (Å²) in [7, 11) is 0. The van der Waals surface area contributed by atoms with Gasteiger partial charge in [0.05, 0.1) is 16.6 Å². The number of aromatic nitrogens is 3. The molecule has 0 saturated heterocycles. The molecule has 0 aliphatic carbocycles. The lowest BCUT2D eigenvalue weighted by atomic mass is 10.1. The van der Waals surface area contributed by atoms with Crippen molar-refractivity contribution in [3.8, 4) is 22.9 Å². The molecule has 1 N–H and O–H groups in total. The number of benzene rings is 2. The van der Waals surface area contributed by atoms with Crippen molar-refractivity contribution in [3.63, 3.8) is 0 Å². The molecule has 4 aromatic rings. The number of aryl methyl sites for hydroxylation is 1. The van der Waals surface area contributed by atoms with E-state index in [2.05, 4.69) is 15.0 Å². The van der Waals surface area contributed by atoms with Gasteiger partial charge in [0.2, 0.25) is 0 Å². The minimum absolute atomic E-state index is 0.0160. The molecule has 0 radical (unpaired) electrons. The number of nitro groups is 1. The van der Waals surface area contributed by atoms with Crippen LogP contribution in [0.5, 0.6) is 11.5 Å². The highest BCUT2D eigenvalue weighted by atomic mass is 16.6. The largest absolute Gasteiger partial charge is 0.456 e. The quantitative estimate of drug-likeness (QED) is 0.429. The van der Waals surface area contributed by atoms with Crippen LogP contribution in [0.1, 0.15) is 5.56 Å². The van der Waals surface area contributed by atoms with E-state index >= 15 is 0 Å². The van der Waals surface area contributed by atoms with Crippen molar-refractivity contribution >= 4 is 16.9 Å². The van der Waals surface area contributed by atoms with Crippen LogP contribution in [0.2, 0.25) is 0 Å². The van der Waals surface area contributed by atoms with Gasteiger partial charge >= 0.3 is 0 Å². The second-order valence-electron chi connectivity index (χ2n) is 5.85. The van der Waals surface area contributed by atoms with Gasteiger partial charge in [0.1, 0.15) is 17.3 Å². The number of rotatable bonds is 4. The number of hydrogen-bond donors (Lipinski definition) is 1. The summed E-state index contributed by atoms with van der Waals surface area (Å²) in [6.45, 7) is 2.03. The molecule has 0 fully saturated rings. The van der Waals surface area contributed by atoms with Crippen molar-refractivity contribution < 1.29 is 9.66 Å². The predicted octanol–water partition coefficient (Wildman–Crippen LogP) is 4.63. The van der Waals surface area contributed by atoms with Crippen molar-refractivity contribution in [2.45, 2.75) is 6.92 Å². The first-order chi connectivity index (χ1) is 12.6. The molecule has 0 bridgehead atoms. The highest BCUT2D eigenvalue weighted by Gasteiger charge is 2.09. The maximum absolute atomic E-state index is 10.7. The fourth-order valence-corrected chi connectivity index (χ4v) is 2.64. The van der Waals surface area contributed by atoms with Gasteiger partial charge in [-0.2, -0.15) is 0 Å². The highest BCUT2D eigenvalue weighted by Crippen LogP contribution is 2.27. The Morgan fingerprint density at radius 2 is 1.88 bits per heavy atom. The summed E-state index contributed by atoms with van der Waals surface area (Å²) in [4.78, 5) is 22.3. The van der Waals surface area contributed by atoms with Crippen LogP contribution in [0, 0.1) is 17.0 Å². The van der Waals surface area contributed by atoms with Crippen LogP contribution in [-0.2, 0) is 0 Å². The number of aromatic amines is 1. The number of hydrogen-bond acceptors (Lipinski definition) is 5. The van der Waals surface area contributed by atoms with Gasteiger partial charge in [0.25, 0.3) is 5.69 Å². The average Bonchev–Trinajstić information content (AvgIpc) is 3.05. The minimum atomic E-state index is -0.450. The normalized spacial score (nSPS) is 10.8. The SMILES string of the molecule is Cc1cccc(-c2nc3ncc(Oc4ccc([N+](=O)[O-])cc4)cc3[nH]2)c1. The molecule has 0 atom stereocenters. The molecule has 0 saturated carbocycles. The Bertz CT molecular complexity index is 1100. The average molecular weight is 346 g/mol. The Kier molecular flexibility index (Phi) is 3.81. The van der Waals surface area contributed by atoms with Gasteiger partial charge < -0.3 is 9.72 Å². The molecule has 7 heteroatoms. The van der Waals surface area contributed by atoms with Gasteiger partial charge in [-0.25, -0.2) is 9.97 Å². The summed E-state index contributed by atoms with van der Waals surface area (Å²) in [6.07, 6.45) is 1.57. The first-order valence-corrected chi connectivity index (χ1v) is 7.93. The van der Waals surface area contributed by atoms with Crippen LogP contribution in [0.15, 0.2) is 60.8 Å². The van der Waals surface area contributed by atoms with Crippen molar-refractivity contribution in [3.05, 3.63) is 76.5 Å². The molecule has 0 unspecified atom stereocenters. The molecule has 26 heavy (non-hydrogen) atoms. The Hall–Kier alpha value is -3.74. The van der Waals surface area contributed by atoms with E-state index in [4.69, 9.17) is 4.74 Å². The zero-order chi connectivity index (χ0) is 18.1. The Balaban J connectivity index is 1.62. The second-order valence-corrected chi connectivity index (χ2v) is 5.85. The number of imidazole rings is 1. The van der Waals surface area contributed by atoms with Crippen LogP contribution < -0.4 is 4.74 Å². The van der Waals surface area contributed by atoms with E-state index in [1.165, 1.54) is 12.1 Å². The molecule has 0 aliphatic heterocycles. The molecule has 0 aliphatic rings. The first kappa shape index (κ1) is 15.8. The lowest BCUT2D eigenvalue weighted by molar-refractivity contribution is -0.384. The van der Waals surface area contributed by atoms with Gasteiger partial charge in [-0.15, -0.1) is 0 Å². The van der Waals surface area contributed by atoms with E-state index in [0.29, 0.717) is 17.1 Å². The zero-order valence-electron chi connectivity index (χ0n) is 13.8. The molecule has 128 valence electrons. The summed E-state index contributed by atoms with van der Waals surface area (Å²) in [5, 5.41) is 10.7. The van der Waals surface area contributed by atoms with E-state index < -0.39 is 4.92 Å². The first-order valence-electron chi connectivity index (χ1n) is 7.93. The Labute approximate surface area is 148 Å². The molecular formula is C19H14N4O3. The van der Waals surface area contributed by atoms with E-state index in [9.17, 15) is 10.1 Å². The van der Waals surface area contributed by atoms with E-state index in [1.54, 1.807) is 24.4 Å². The van der Waals surface area contributed by atoms with Gasteiger partial charge in [0.15, 0.2) is 5.65 Å². The summed E-state index contributed by atoms with van der Waals surface area (Å²) in [5.41, 5.74) is 3.50. The highest BCUT2D eigenvalue weighted by molar-refractivity contribution is 5.77. The van der Waals surface area contributed by atoms with E-state index in [1.807, 2.05) is 31.2 Å². The number of fused-ring (bicyclic) bond motifs is 1. The fourth-order valence-electron chi connectivity index (χ4n) is 2.64. The third kappa shape index (κ3) is 3.10. The monoisotopic (exact) mass is 346 g/mol. The molecule has 2 aromatic carbocycles. The standard InChI is InChI=1S/C19H14N4O3/c1-12-3-2-4-13(9-12)18-21-17-10-16(11-20-19(17)22-18)26-15-7-5-14(6-8-15)23(24)25/h2-11H,1H3,(H,20,21,22). The Morgan fingerprint density at radius 1 is 1.08 bits per heavy atom. The lowest BCUT2D eigenvalue weighted by Crippen LogP contribution is -1.89. The topological polar surface area (TPSA) is 93.9 Å². The maximum Gasteiger partial charge on any atom is 0.269 e. The van der Waals surface area contributed by atoms with E-state index in [-0.39, 0.29) is 5.69 Å². The lowest BCUT2D eigenvalue weighted by Gasteiger charge is -2.04. The maximum atomic E-state index is 10.7. The van der Waals surface area contributed by atoms with Crippen LogP contribution in [0.4, 0.5) is 5.69 Å². The van der Waals surface area contributed by atoms with Gasteiger partial charge in [-0.3, -0.25) is 10.1 Å². The van der Waals surface area contributed by atoms with Gasteiger partial charge in [-0.05, 0) is 25.1 Å². The molecule has 7 nitrogen and oxygen atoms in total. The van der Waals surface area contributed by atoms with Gasteiger partial charge in [0, 0.05) is 23.8 Å². The fraction of sp³-hybridized carbons (Fsp3) is 0.0526. The number of nitro benzene ring substituents is 1. The zero-order valence-corrected chi connectivity index (χ0v) is 13.8. The number of nitrogens with zero attached hydrogens (tertiary/aromatic N) is 3. The van der Waals surface area contributed by atoms with Crippen LogP contribution in [-0.4, -0.2) is 19.9 Å². The molecule has 2 heterocycles. The number of H-pyrrole nitrogens is 1. The van der Waals surface area contributed by atoms with Gasteiger partial charge in [-0.1, -0.05) is 23.8 Å². The predicted molar refractivity (Wildman–Crippen MR) is 97.2 cm³/mol. The van der Waals surface area contributed by atoms with Crippen LogP contribution in [0.3, 0.4) is 0 Å². The van der Waals surface area contributed by atoms with Crippen molar-refractivity contribution in [1.82, 2.24) is 15.0 Å². The summed E-state index contributed by atoms with van der Waals surface area (Å²) < 4.78 is 5.72. The summed E-state index contributed by atoms with van der Waals surface area (Å²) in [5.74, 6) is 1.75. The van der Waals surface area contributed by atoms with Crippen LogP contribution >= 0.6 is 0 Å². The molecule has 4 rings (SSSR count). The van der Waals surface area contributed by atoms with Crippen molar-refractivity contribution in [1.29, 1.82) is 0 Å². The minimum Gasteiger partial charge on any atom is -0.456 e. The third-order valence-corrected chi connectivity index (χ3v) is 3.89. The number of ether oxygens (including phenoxy) is 1. The van der Waals surface area contributed by atoms with E-state index in [0.717, 1.165) is 22.5 Å². The number of nitrogens with one attached hydrogen (secondary N) is 1. The van der Waals surface area contributed by atoms with Crippen molar-refractivity contribution in [2.24, 2.45) is 0 Å². The second kappa shape index (κ2) is 6.29. The third-order valence-electron chi connectivity index (χ3n) is 3.89. The molecule has 2 aromatic heterocycles. The van der Waals surface area contributed by atoms with Crippen molar-refractivity contribution in [2.75, 3.05) is 0 Å².